The molecule has 0 saturated heterocycles. The predicted octanol–water partition coefficient (Wildman–Crippen LogP) is 4.60. The van der Waals surface area contributed by atoms with Crippen LogP contribution >= 0.6 is 15.9 Å². The van der Waals surface area contributed by atoms with Crippen LogP contribution in [0.3, 0.4) is 0 Å². The lowest BCUT2D eigenvalue weighted by Gasteiger charge is -2.23. The Morgan fingerprint density at radius 3 is 2.48 bits per heavy atom. The van der Waals surface area contributed by atoms with Crippen LogP contribution < -0.4 is 4.90 Å². The maximum Gasteiger partial charge on any atom is 0.264 e. The molecule has 0 bridgehead atoms. The first-order chi connectivity index (χ1) is 13.9. The Kier molecular flexibility index (Phi) is 5.06. The monoisotopic (exact) mass is 453 g/mol. The maximum absolute atomic E-state index is 13.2. The number of amides is 1. The van der Waals surface area contributed by atoms with E-state index < -0.39 is 11.5 Å². The van der Waals surface area contributed by atoms with E-state index in [0.717, 1.165) is 10.0 Å². The fourth-order valence-corrected chi connectivity index (χ4v) is 4.00. The first-order valence-corrected chi connectivity index (χ1v) is 9.85. The number of hydrogen-bond donors (Lipinski definition) is 1. The van der Waals surface area contributed by atoms with Gasteiger partial charge < -0.3 is 10.0 Å². The smallest absolute Gasteiger partial charge is 0.264 e. The van der Waals surface area contributed by atoms with Crippen LogP contribution in [0.15, 0.2) is 77.3 Å². The number of benzene rings is 3. The molecule has 6 heteroatoms. The summed E-state index contributed by atoms with van der Waals surface area (Å²) in [5, 5.41) is 11.3. The summed E-state index contributed by atoms with van der Waals surface area (Å²) in [5.74, 6) is -1.26. The second-order valence-electron chi connectivity index (χ2n) is 7.01. The number of hydrogen-bond acceptors (Lipinski definition) is 3. The van der Waals surface area contributed by atoms with Gasteiger partial charge in [-0.2, -0.15) is 0 Å². The van der Waals surface area contributed by atoms with Gasteiger partial charge in [-0.15, -0.1) is 0 Å². The van der Waals surface area contributed by atoms with Crippen LogP contribution in [-0.4, -0.2) is 16.8 Å². The molecule has 1 amide bonds. The maximum atomic E-state index is 13.2. The number of halogens is 2. The minimum Gasteiger partial charge on any atom is -0.375 e. The van der Waals surface area contributed by atoms with Crippen LogP contribution in [0.4, 0.5) is 10.1 Å². The minimum atomic E-state index is -1.95. The molecule has 3 aromatic rings. The Hall–Kier alpha value is -2.83. The van der Waals surface area contributed by atoms with E-state index in [9.17, 15) is 19.1 Å². The topological polar surface area (TPSA) is 57.6 Å². The number of rotatable bonds is 5. The Morgan fingerprint density at radius 1 is 1.03 bits per heavy atom. The first kappa shape index (κ1) is 19.5. The summed E-state index contributed by atoms with van der Waals surface area (Å²) in [4.78, 5) is 27.5. The SMILES string of the molecule is O=C(CC1(O)C(=O)N(Cc2ccc(F)cc2)c2ccccc21)c1cccc(Br)c1. The van der Waals surface area contributed by atoms with Crippen LogP contribution in [0.5, 0.6) is 0 Å². The van der Waals surface area contributed by atoms with Gasteiger partial charge in [0.25, 0.3) is 5.91 Å². The third kappa shape index (κ3) is 3.61. The molecule has 0 radical (unpaired) electrons. The third-order valence-corrected chi connectivity index (χ3v) is 5.55. The molecule has 4 rings (SSSR count). The molecule has 1 aliphatic heterocycles. The van der Waals surface area contributed by atoms with Crippen molar-refractivity contribution in [3.8, 4) is 0 Å². The zero-order valence-electron chi connectivity index (χ0n) is 15.3. The molecule has 146 valence electrons. The molecular weight excluding hydrogens is 437 g/mol. The van der Waals surface area contributed by atoms with Crippen molar-refractivity contribution in [3.63, 3.8) is 0 Å². The van der Waals surface area contributed by atoms with Crippen molar-refractivity contribution in [1.29, 1.82) is 0 Å². The van der Waals surface area contributed by atoms with E-state index in [4.69, 9.17) is 0 Å². The average molecular weight is 454 g/mol. The number of fused-ring (bicyclic) bond motifs is 1. The van der Waals surface area contributed by atoms with Gasteiger partial charge in [0.1, 0.15) is 5.82 Å². The molecule has 1 N–H and O–H groups in total. The fraction of sp³-hybridized carbons (Fsp3) is 0.130. The van der Waals surface area contributed by atoms with Gasteiger partial charge in [-0.05, 0) is 35.9 Å². The first-order valence-electron chi connectivity index (χ1n) is 9.05. The van der Waals surface area contributed by atoms with Gasteiger partial charge in [0.05, 0.1) is 18.7 Å². The van der Waals surface area contributed by atoms with Gasteiger partial charge in [-0.1, -0.05) is 58.4 Å². The van der Waals surface area contributed by atoms with E-state index in [1.165, 1.54) is 17.0 Å². The largest absolute Gasteiger partial charge is 0.375 e. The van der Waals surface area contributed by atoms with E-state index in [1.54, 1.807) is 60.7 Å². The van der Waals surface area contributed by atoms with Crippen molar-refractivity contribution in [2.24, 2.45) is 0 Å². The Morgan fingerprint density at radius 2 is 1.76 bits per heavy atom. The van der Waals surface area contributed by atoms with Crippen molar-refractivity contribution in [1.82, 2.24) is 0 Å². The number of Topliss-reactive ketones (excluding diaryl/α,β-unsaturated/α-hetero) is 1. The summed E-state index contributed by atoms with van der Waals surface area (Å²) < 4.78 is 14.0. The van der Waals surface area contributed by atoms with E-state index in [0.29, 0.717) is 16.8 Å². The Balaban J connectivity index is 1.67. The number of anilines is 1. The zero-order valence-corrected chi connectivity index (χ0v) is 16.9. The highest BCUT2D eigenvalue weighted by atomic mass is 79.9. The van der Waals surface area contributed by atoms with Gasteiger partial charge in [0, 0.05) is 15.6 Å². The van der Waals surface area contributed by atoms with E-state index >= 15 is 0 Å². The number of para-hydroxylation sites is 1. The standard InChI is InChI=1S/C23H17BrFNO3/c24-17-5-3-4-16(12-17)21(27)13-23(29)19-6-1-2-7-20(19)26(22(23)28)14-15-8-10-18(25)11-9-15/h1-12,29H,13-14H2. The van der Waals surface area contributed by atoms with E-state index in [2.05, 4.69) is 15.9 Å². The lowest BCUT2D eigenvalue weighted by molar-refractivity contribution is -0.136. The van der Waals surface area contributed by atoms with E-state index in [-0.39, 0.29) is 24.6 Å². The Bertz CT molecular complexity index is 1100. The molecule has 0 spiro atoms. The highest BCUT2D eigenvalue weighted by molar-refractivity contribution is 9.10. The zero-order chi connectivity index (χ0) is 20.6. The van der Waals surface area contributed by atoms with Crippen LogP contribution in [0, 0.1) is 5.82 Å². The van der Waals surface area contributed by atoms with Crippen molar-refractivity contribution in [3.05, 3.63) is 99.8 Å². The molecule has 1 aliphatic rings. The third-order valence-electron chi connectivity index (χ3n) is 5.06. The van der Waals surface area contributed by atoms with Crippen molar-refractivity contribution >= 4 is 33.3 Å². The van der Waals surface area contributed by atoms with Crippen molar-refractivity contribution < 1.29 is 19.1 Å². The average Bonchev–Trinajstić information content (AvgIpc) is 2.92. The molecule has 1 unspecified atom stereocenters. The van der Waals surface area contributed by atoms with Crippen molar-refractivity contribution in [2.75, 3.05) is 4.90 Å². The quantitative estimate of drug-likeness (QED) is 0.574. The number of aliphatic hydroxyl groups is 1. The van der Waals surface area contributed by atoms with Gasteiger partial charge in [-0.25, -0.2) is 4.39 Å². The molecule has 0 fully saturated rings. The number of nitrogens with zero attached hydrogens (tertiary/aromatic N) is 1. The van der Waals surface area contributed by atoms with Gasteiger partial charge in [-0.3, -0.25) is 9.59 Å². The summed E-state index contributed by atoms with van der Waals surface area (Å²) in [7, 11) is 0. The molecule has 29 heavy (non-hydrogen) atoms. The highest BCUT2D eigenvalue weighted by Gasteiger charge is 2.50. The highest BCUT2D eigenvalue weighted by Crippen LogP contribution is 2.43. The summed E-state index contributed by atoms with van der Waals surface area (Å²) in [6.45, 7) is 0.170. The van der Waals surface area contributed by atoms with Gasteiger partial charge in [0.15, 0.2) is 11.4 Å². The fourth-order valence-electron chi connectivity index (χ4n) is 3.60. The number of carbonyl (C=O) groups excluding carboxylic acids is 2. The molecule has 1 atom stereocenters. The van der Waals surface area contributed by atoms with Gasteiger partial charge in [0.2, 0.25) is 0 Å². The normalized spacial score (nSPS) is 18.0. The molecule has 4 nitrogen and oxygen atoms in total. The minimum absolute atomic E-state index is 0.170. The summed E-state index contributed by atoms with van der Waals surface area (Å²) >= 11 is 3.33. The second-order valence-corrected chi connectivity index (χ2v) is 7.92. The summed E-state index contributed by atoms with van der Waals surface area (Å²) in [5.41, 5.74) is 0.129. The van der Waals surface area contributed by atoms with Crippen LogP contribution in [0.2, 0.25) is 0 Å². The van der Waals surface area contributed by atoms with Crippen LogP contribution in [-0.2, 0) is 16.9 Å². The van der Waals surface area contributed by atoms with Gasteiger partial charge >= 0.3 is 0 Å². The second kappa shape index (κ2) is 7.54. The molecule has 0 saturated carbocycles. The number of ketones is 1. The number of carbonyl (C=O) groups is 2. The molecule has 1 heterocycles. The summed E-state index contributed by atoms with van der Waals surface area (Å²) in [6.07, 6.45) is -0.362. The van der Waals surface area contributed by atoms with Crippen LogP contribution in [0.1, 0.15) is 27.9 Å². The molecule has 0 aromatic heterocycles. The Labute approximate surface area is 175 Å². The molecular formula is C23H17BrFNO3. The molecule has 0 aliphatic carbocycles. The molecule has 3 aromatic carbocycles. The lowest BCUT2D eigenvalue weighted by Crippen LogP contribution is -2.41. The van der Waals surface area contributed by atoms with E-state index in [1.807, 2.05) is 0 Å². The summed E-state index contributed by atoms with van der Waals surface area (Å²) in [6, 6.07) is 19.6. The van der Waals surface area contributed by atoms with Crippen LogP contribution in [0.25, 0.3) is 0 Å². The van der Waals surface area contributed by atoms with Crippen molar-refractivity contribution in [2.45, 2.75) is 18.6 Å². The predicted molar refractivity (Wildman–Crippen MR) is 111 cm³/mol. The lowest BCUT2D eigenvalue weighted by atomic mass is 9.88.